The molecule has 5 heteroatoms. The van der Waals surface area contributed by atoms with E-state index in [1.807, 2.05) is 6.07 Å². The molecule has 4 rings (SSSR count). The van der Waals surface area contributed by atoms with Gasteiger partial charge in [-0.05, 0) is 42.0 Å². The highest BCUT2D eigenvalue weighted by Gasteiger charge is 2.38. The number of ether oxygens (including phenoxy) is 1. The van der Waals surface area contributed by atoms with E-state index in [0.717, 1.165) is 6.42 Å². The summed E-state index contributed by atoms with van der Waals surface area (Å²) in [5.41, 5.74) is 1.93. The van der Waals surface area contributed by atoms with E-state index in [4.69, 9.17) is 4.74 Å². The Morgan fingerprint density at radius 3 is 2.81 bits per heavy atom. The molecule has 5 nitrogen and oxygen atoms in total. The van der Waals surface area contributed by atoms with Crippen molar-refractivity contribution in [2.45, 2.75) is 12.3 Å². The summed E-state index contributed by atoms with van der Waals surface area (Å²) in [6.45, 7) is 0.688. The van der Waals surface area contributed by atoms with Gasteiger partial charge < -0.3 is 10.1 Å². The van der Waals surface area contributed by atoms with Crippen molar-refractivity contribution in [1.29, 1.82) is 0 Å². The molecule has 1 amide bonds. The third-order valence-corrected chi connectivity index (χ3v) is 4.53. The van der Waals surface area contributed by atoms with Crippen molar-refractivity contribution in [3.8, 4) is 11.6 Å². The molecule has 130 valence electrons. The van der Waals surface area contributed by atoms with Crippen molar-refractivity contribution in [3.05, 3.63) is 84.3 Å². The van der Waals surface area contributed by atoms with Crippen LogP contribution in [0.1, 0.15) is 28.3 Å². The molecule has 0 saturated heterocycles. The fourth-order valence-corrected chi connectivity index (χ4v) is 3.07. The number of carbonyl (C=O) groups is 1. The van der Waals surface area contributed by atoms with Gasteiger partial charge in [-0.1, -0.05) is 36.4 Å². The van der Waals surface area contributed by atoms with Crippen LogP contribution in [0.4, 0.5) is 0 Å². The van der Waals surface area contributed by atoms with E-state index >= 15 is 0 Å². The molecule has 2 atom stereocenters. The van der Waals surface area contributed by atoms with Crippen LogP contribution in [0, 0.1) is 5.92 Å². The zero-order chi connectivity index (χ0) is 17.8. The number of nitrogens with one attached hydrogen (secondary N) is 1. The second kappa shape index (κ2) is 7.35. The minimum absolute atomic E-state index is 0.0895. The molecule has 0 spiro atoms. The zero-order valence-electron chi connectivity index (χ0n) is 14.2. The minimum Gasteiger partial charge on any atom is -0.437 e. The molecule has 0 aliphatic heterocycles. The zero-order valence-corrected chi connectivity index (χ0v) is 14.2. The highest BCUT2D eigenvalue weighted by molar-refractivity contribution is 5.94. The van der Waals surface area contributed by atoms with Crippen LogP contribution < -0.4 is 10.1 Å². The van der Waals surface area contributed by atoms with Crippen molar-refractivity contribution in [2.24, 2.45) is 5.92 Å². The Morgan fingerprint density at radius 2 is 2.00 bits per heavy atom. The Bertz CT molecular complexity index is 884. The Balaban J connectivity index is 1.33. The summed E-state index contributed by atoms with van der Waals surface area (Å²) in [6, 6.07) is 17.5. The molecule has 1 aliphatic rings. The number of hydrogen-bond donors (Lipinski definition) is 1. The first-order chi connectivity index (χ1) is 12.8. The van der Waals surface area contributed by atoms with Gasteiger partial charge >= 0.3 is 0 Å². The Kier molecular flexibility index (Phi) is 4.60. The van der Waals surface area contributed by atoms with Crippen LogP contribution in [-0.4, -0.2) is 22.4 Å². The van der Waals surface area contributed by atoms with Crippen molar-refractivity contribution in [2.75, 3.05) is 6.54 Å². The molecule has 1 aliphatic carbocycles. The maximum atomic E-state index is 12.4. The first-order valence-corrected chi connectivity index (χ1v) is 8.66. The molecular weight excluding hydrogens is 326 g/mol. The van der Waals surface area contributed by atoms with Gasteiger partial charge in [0.25, 0.3) is 5.91 Å². The molecule has 1 aromatic heterocycles. The maximum Gasteiger partial charge on any atom is 0.251 e. The summed E-state index contributed by atoms with van der Waals surface area (Å²) in [6.07, 6.45) is 5.80. The third-order valence-electron chi connectivity index (χ3n) is 4.53. The lowest BCUT2D eigenvalue weighted by molar-refractivity contribution is 0.0951. The molecule has 1 saturated carbocycles. The summed E-state index contributed by atoms with van der Waals surface area (Å²) in [5.74, 6) is 1.94. The van der Waals surface area contributed by atoms with Crippen LogP contribution in [0.15, 0.2) is 73.2 Å². The highest BCUT2D eigenvalue weighted by Crippen LogP contribution is 2.46. The smallest absolute Gasteiger partial charge is 0.251 e. The lowest BCUT2D eigenvalue weighted by atomic mass is 10.1. The predicted octanol–water partition coefficient (Wildman–Crippen LogP) is 3.80. The molecule has 1 heterocycles. The van der Waals surface area contributed by atoms with Gasteiger partial charge in [-0.25, -0.2) is 4.98 Å². The Labute approximate surface area is 152 Å². The lowest BCUT2D eigenvalue weighted by Crippen LogP contribution is -2.25. The fourth-order valence-electron chi connectivity index (χ4n) is 3.07. The van der Waals surface area contributed by atoms with E-state index < -0.39 is 0 Å². The van der Waals surface area contributed by atoms with E-state index in [1.165, 1.54) is 11.8 Å². The van der Waals surface area contributed by atoms with Gasteiger partial charge in [0.1, 0.15) is 5.75 Å². The quantitative estimate of drug-likeness (QED) is 0.738. The number of aromatic nitrogens is 2. The van der Waals surface area contributed by atoms with Crippen molar-refractivity contribution in [1.82, 2.24) is 15.3 Å². The van der Waals surface area contributed by atoms with E-state index in [9.17, 15) is 4.79 Å². The summed E-state index contributed by atoms with van der Waals surface area (Å²) in [7, 11) is 0. The molecule has 0 bridgehead atoms. The number of rotatable bonds is 6. The molecular formula is C21H19N3O2. The van der Waals surface area contributed by atoms with E-state index in [0.29, 0.717) is 35.6 Å². The van der Waals surface area contributed by atoms with Gasteiger partial charge in [-0.2, -0.15) is 0 Å². The fraction of sp³-hybridized carbons (Fsp3) is 0.190. The monoisotopic (exact) mass is 345 g/mol. The molecule has 1 fully saturated rings. The van der Waals surface area contributed by atoms with E-state index in [1.54, 1.807) is 36.7 Å². The number of carbonyl (C=O) groups excluding carboxylic acids is 1. The van der Waals surface area contributed by atoms with Crippen LogP contribution >= 0.6 is 0 Å². The summed E-state index contributed by atoms with van der Waals surface area (Å²) >= 11 is 0. The molecule has 2 aromatic carbocycles. The first kappa shape index (κ1) is 16.3. The van der Waals surface area contributed by atoms with Crippen LogP contribution in [0.2, 0.25) is 0 Å². The average Bonchev–Trinajstić information content (AvgIpc) is 3.48. The van der Waals surface area contributed by atoms with Crippen molar-refractivity contribution >= 4 is 5.91 Å². The van der Waals surface area contributed by atoms with Crippen LogP contribution in [0.5, 0.6) is 11.6 Å². The summed E-state index contributed by atoms with van der Waals surface area (Å²) in [4.78, 5) is 20.5. The average molecular weight is 345 g/mol. The van der Waals surface area contributed by atoms with Crippen LogP contribution in [-0.2, 0) is 0 Å². The molecule has 0 radical (unpaired) electrons. The summed E-state index contributed by atoms with van der Waals surface area (Å²) in [5, 5.41) is 3.03. The predicted molar refractivity (Wildman–Crippen MR) is 98.2 cm³/mol. The minimum atomic E-state index is -0.0895. The van der Waals surface area contributed by atoms with Crippen LogP contribution in [0.3, 0.4) is 0 Å². The second-order valence-electron chi connectivity index (χ2n) is 6.40. The SMILES string of the molecule is O=C(NC[C@@H]1C[C@H]1c1ccccc1)c1cccc(Oc2cnccn2)c1. The van der Waals surface area contributed by atoms with Gasteiger partial charge in [0.2, 0.25) is 5.88 Å². The first-order valence-electron chi connectivity index (χ1n) is 8.66. The molecule has 1 N–H and O–H groups in total. The van der Waals surface area contributed by atoms with Gasteiger partial charge in [0.05, 0.1) is 6.20 Å². The Hall–Kier alpha value is -3.21. The summed E-state index contributed by atoms with van der Waals surface area (Å²) < 4.78 is 5.63. The number of nitrogens with zero attached hydrogens (tertiary/aromatic N) is 2. The molecule has 3 aromatic rings. The van der Waals surface area contributed by atoms with Crippen molar-refractivity contribution < 1.29 is 9.53 Å². The van der Waals surface area contributed by atoms with E-state index in [2.05, 4.69) is 39.6 Å². The largest absolute Gasteiger partial charge is 0.437 e. The molecule has 26 heavy (non-hydrogen) atoms. The lowest BCUT2D eigenvalue weighted by Gasteiger charge is -2.08. The topological polar surface area (TPSA) is 64.1 Å². The number of hydrogen-bond acceptors (Lipinski definition) is 4. The number of benzene rings is 2. The standard InChI is InChI=1S/C21H19N3O2/c25-21(24-13-17-12-19(17)15-5-2-1-3-6-15)16-7-4-8-18(11-16)26-20-14-22-9-10-23-20/h1-11,14,17,19H,12-13H2,(H,24,25)/t17-,19-/m0/s1. The van der Waals surface area contributed by atoms with E-state index in [-0.39, 0.29) is 5.91 Å². The van der Waals surface area contributed by atoms with Crippen molar-refractivity contribution in [3.63, 3.8) is 0 Å². The van der Waals surface area contributed by atoms with Crippen LogP contribution in [0.25, 0.3) is 0 Å². The van der Waals surface area contributed by atoms with Gasteiger partial charge in [-0.15, -0.1) is 0 Å². The number of amides is 1. The second-order valence-corrected chi connectivity index (χ2v) is 6.40. The molecule has 0 unspecified atom stereocenters. The Morgan fingerprint density at radius 1 is 1.12 bits per heavy atom. The highest BCUT2D eigenvalue weighted by atomic mass is 16.5. The van der Waals surface area contributed by atoms with Gasteiger partial charge in [0, 0.05) is 24.5 Å². The normalized spacial score (nSPS) is 18.2. The van der Waals surface area contributed by atoms with Gasteiger partial charge in [-0.3, -0.25) is 9.78 Å². The van der Waals surface area contributed by atoms with Gasteiger partial charge in [0.15, 0.2) is 0 Å². The maximum absolute atomic E-state index is 12.4. The third kappa shape index (κ3) is 3.88.